The summed E-state index contributed by atoms with van der Waals surface area (Å²) < 4.78 is 0. The van der Waals surface area contributed by atoms with Gasteiger partial charge in [-0.1, -0.05) is 30.1 Å². The first-order valence-electron chi connectivity index (χ1n) is 5.19. The number of anilines is 1. The summed E-state index contributed by atoms with van der Waals surface area (Å²) in [5, 5.41) is 3.57. The topological polar surface area (TPSA) is 45.2 Å². The van der Waals surface area contributed by atoms with E-state index in [1.165, 1.54) is 6.20 Å². The molecule has 1 rings (SSSR count). The van der Waals surface area contributed by atoms with Crippen molar-refractivity contribution in [2.24, 2.45) is 5.92 Å². The lowest BCUT2D eigenvalue weighted by Crippen LogP contribution is -2.34. The molecule has 0 unspecified atom stereocenters. The summed E-state index contributed by atoms with van der Waals surface area (Å²) in [6, 6.07) is 1.63. The molecule has 4 nitrogen and oxygen atoms in total. The lowest BCUT2D eigenvalue weighted by atomic mass is 10.1. The first kappa shape index (κ1) is 14.1. The highest BCUT2D eigenvalue weighted by atomic mass is 35.5. The highest BCUT2D eigenvalue weighted by Gasteiger charge is 2.16. The van der Waals surface area contributed by atoms with Gasteiger partial charge in [0.1, 0.15) is 5.82 Å². The molecular formula is C11H15Cl2N3O. The van der Waals surface area contributed by atoms with Crippen molar-refractivity contribution in [2.45, 2.75) is 6.92 Å². The molecule has 0 bridgehead atoms. The summed E-state index contributed by atoms with van der Waals surface area (Å²) in [5.74, 6) is 0.465. The molecule has 0 aromatic carbocycles. The van der Waals surface area contributed by atoms with Crippen molar-refractivity contribution in [2.75, 3.05) is 25.5 Å². The summed E-state index contributed by atoms with van der Waals surface area (Å²) in [6.07, 6.45) is 1.53. The SMILES string of the molecule is CNC(=O)[C@@H](C)CN(C)c1ncc(Cl)cc1Cl. The minimum Gasteiger partial charge on any atom is -0.359 e. The fourth-order valence-corrected chi connectivity index (χ4v) is 2.04. The number of rotatable bonds is 4. The smallest absolute Gasteiger partial charge is 0.224 e. The molecule has 0 aliphatic carbocycles. The van der Waals surface area contributed by atoms with Gasteiger partial charge in [0.2, 0.25) is 5.91 Å². The third-order valence-electron chi connectivity index (χ3n) is 2.39. The van der Waals surface area contributed by atoms with E-state index in [0.29, 0.717) is 22.4 Å². The molecule has 1 aromatic rings. The monoisotopic (exact) mass is 275 g/mol. The molecule has 1 aromatic heterocycles. The zero-order valence-electron chi connectivity index (χ0n) is 10.00. The van der Waals surface area contributed by atoms with Crippen molar-refractivity contribution in [3.05, 3.63) is 22.3 Å². The van der Waals surface area contributed by atoms with Crippen molar-refractivity contribution in [1.82, 2.24) is 10.3 Å². The third-order valence-corrected chi connectivity index (χ3v) is 2.88. The summed E-state index contributed by atoms with van der Waals surface area (Å²) in [6.45, 7) is 2.38. The van der Waals surface area contributed by atoms with Crippen LogP contribution in [0.5, 0.6) is 0 Å². The first-order chi connectivity index (χ1) is 7.95. The van der Waals surface area contributed by atoms with Crippen LogP contribution in [0.3, 0.4) is 0 Å². The number of hydrogen-bond donors (Lipinski definition) is 1. The van der Waals surface area contributed by atoms with Crippen LogP contribution in [0.15, 0.2) is 12.3 Å². The average Bonchev–Trinajstić information content (AvgIpc) is 2.27. The molecule has 94 valence electrons. The van der Waals surface area contributed by atoms with Crippen LogP contribution >= 0.6 is 23.2 Å². The van der Waals surface area contributed by atoms with Crippen LogP contribution in [0.2, 0.25) is 10.0 Å². The van der Waals surface area contributed by atoms with Crippen LogP contribution in [-0.4, -0.2) is 31.5 Å². The number of amides is 1. The van der Waals surface area contributed by atoms with Gasteiger partial charge in [0, 0.05) is 26.8 Å². The van der Waals surface area contributed by atoms with Gasteiger partial charge in [-0.25, -0.2) is 4.98 Å². The van der Waals surface area contributed by atoms with E-state index in [1.54, 1.807) is 13.1 Å². The molecule has 6 heteroatoms. The lowest BCUT2D eigenvalue weighted by Gasteiger charge is -2.22. The Morgan fingerprint density at radius 1 is 1.59 bits per heavy atom. The predicted molar refractivity (Wildman–Crippen MR) is 70.8 cm³/mol. The maximum absolute atomic E-state index is 11.4. The maximum Gasteiger partial charge on any atom is 0.224 e. The fraction of sp³-hybridized carbons (Fsp3) is 0.455. The number of halogens is 2. The molecule has 0 saturated carbocycles. The van der Waals surface area contributed by atoms with Gasteiger partial charge < -0.3 is 10.2 Å². The molecule has 1 N–H and O–H groups in total. The van der Waals surface area contributed by atoms with Crippen LogP contribution in [0.4, 0.5) is 5.82 Å². The Hall–Kier alpha value is -1.000. The Morgan fingerprint density at radius 2 is 2.24 bits per heavy atom. The highest BCUT2D eigenvalue weighted by Crippen LogP contribution is 2.25. The van der Waals surface area contributed by atoms with Crippen molar-refractivity contribution < 1.29 is 4.79 Å². The predicted octanol–water partition coefficient (Wildman–Crippen LogP) is 2.21. The van der Waals surface area contributed by atoms with Gasteiger partial charge >= 0.3 is 0 Å². The minimum atomic E-state index is -0.140. The summed E-state index contributed by atoms with van der Waals surface area (Å²) >= 11 is 11.8. The van der Waals surface area contributed by atoms with E-state index in [1.807, 2.05) is 18.9 Å². The number of hydrogen-bond acceptors (Lipinski definition) is 3. The molecule has 1 atom stereocenters. The van der Waals surface area contributed by atoms with E-state index < -0.39 is 0 Å². The number of nitrogens with zero attached hydrogens (tertiary/aromatic N) is 2. The average molecular weight is 276 g/mol. The molecule has 1 heterocycles. The van der Waals surface area contributed by atoms with Gasteiger partial charge in [-0.05, 0) is 6.07 Å². The molecule has 0 aliphatic rings. The Balaban J connectivity index is 2.76. The van der Waals surface area contributed by atoms with Crippen molar-refractivity contribution >= 4 is 34.9 Å². The van der Waals surface area contributed by atoms with Crippen molar-refractivity contribution in [3.63, 3.8) is 0 Å². The number of nitrogens with one attached hydrogen (secondary N) is 1. The van der Waals surface area contributed by atoms with Gasteiger partial charge in [-0.15, -0.1) is 0 Å². The van der Waals surface area contributed by atoms with Gasteiger partial charge in [-0.3, -0.25) is 4.79 Å². The number of carbonyl (C=O) groups excluding carboxylic acids is 1. The second kappa shape index (κ2) is 6.07. The zero-order valence-corrected chi connectivity index (χ0v) is 11.5. The molecule has 0 radical (unpaired) electrons. The second-order valence-electron chi connectivity index (χ2n) is 3.85. The van der Waals surface area contributed by atoms with E-state index in [2.05, 4.69) is 10.3 Å². The second-order valence-corrected chi connectivity index (χ2v) is 4.70. The Kier molecular flexibility index (Phi) is 5.02. The molecule has 0 aliphatic heterocycles. The Morgan fingerprint density at radius 3 is 2.76 bits per heavy atom. The summed E-state index contributed by atoms with van der Waals surface area (Å²) in [5.41, 5.74) is 0. The normalized spacial score (nSPS) is 12.1. The van der Waals surface area contributed by atoms with Crippen LogP contribution in [0.1, 0.15) is 6.92 Å². The molecule has 0 fully saturated rings. The molecule has 0 spiro atoms. The van der Waals surface area contributed by atoms with E-state index in [9.17, 15) is 4.79 Å². The van der Waals surface area contributed by atoms with E-state index >= 15 is 0 Å². The molecule has 1 amide bonds. The zero-order chi connectivity index (χ0) is 13.0. The summed E-state index contributed by atoms with van der Waals surface area (Å²) in [7, 11) is 3.45. The quantitative estimate of drug-likeness (QED) is 0.917. The summed E-state index contributed by atoms with van der Waals surface area (Å²) in [4.78, 5) is 17.4. The minimum absolute atomic E-state index is 0.0121. The van der Waals surface area contributed by atoms with Gasteiger partial charge in [-0.2, -0.15) is 0 Å². The number of aromatic nitrogens is 1. The van der Waals surface area contributed by atoms with E-state index in [4.69, 9.17) is 23.2 Å². The Labute approximate surface area is 111 Å². The highest BCUT2D eigenvalue weighted by molar-refractivity contribution is 6.35. The van der Waals surface area contributed by atoms with Gasteiger partial charge in [0.15, 0.2) is 0 Å². The standard InChI is InChI=1S/C11H15Cl2N3O/c1-7(11(17)14-2)6-16(3)10-9(13)4-8(12)5-15-10/h4-5,7H,6H2,1-3H3,(H,14,17)/t7-/m0/s1. The van der Waals surface area contributed by atoms with Crippen LogP contribution in [0, 0.1) is 5.92 Å². The van der Waals surface area contributed by atoms with Crippen LogP contribution in [-0.2, 0) is 4.79 Å². The van der Waals surface area contributed by atoms with Crippen molar-refractivity contribution in [3.8, 4) is 0 Å². The molecule has 0 saturated heterocycles. The van der Waals surface area contributed by atoms with Crippen LogP contribution in [0.25, 0.3) is 0 Å². The largest absolute Gasteiger partial charge is 0.359 e. The lowest BCUT2D eigenvalue weighted by molar-refractivity contribution is -0.123. The van der Waals surface area contributed by atoms with Crippen LogP contribution < -0.4 is 10.2 Å². The number of pyridine rings is 1. The van der Waals surface area contributed by atoms with E-state index in [0.717, 1.165) is 0 Å². The van der Waals surface area contributed by atoms with Gasteiger partial charge in [0.05, 0.1) is 16.0 Å². The first-order valence-corrected chi connectivity index (χ1v) is 5.95. The fourth-order valence-electron chi connectivity index (χ4n) is 1.51. The number of carbonyl (C=O) groups is 1. The molecular weight excluding hydrogens is 261 g/mol. The van der Waals surface area contributed by atoms with Crippen molar-refractivity contribution in [1.29, 1.82) is 0 Å². The third kappa shape index (κ3) is 3.75. The van der Waals surface area contributed by atoms with Gasteiger partial charge in [0.25, 0.3) is 0 Å². The molecule has 17 heavy (non-hydrogen) atoms. The Bertz CT molecular complexity index is 412. The maximum atomic E-state index is 11.4. The van der Waals surface area contributed by atoms with E-state index in [-0.39, 0.29) is 11.8 Å².